The van der Waals surface area contributed by atoms with Gasteiger partial charge in [0.25, 0.3) is 11.7 Å². The second kappa shape index (κ2) is 11.1. The molecule has 3 aromatic carbocycles. The van der Waals surface area contributed by atoms with Crippen molar-refractivity contribution in [3.63, 3.8) is 0 Å². The fourth-order valence-electron chi connectivity index (χ4n) is 4.82. The topological polar surface area (TPSA) is 70.1 Å². The maximum Gasteiger partial charge on any atom is 0.295 e. The predicted molar refractivity (Wildman–Crippen MR) is 157 cm³/mol. The van der Waals surface area contributed by atoms with Crippen molar-refractivity contribution >= 4 is 34.7 Å². The van der Waals surface area contributed by atoms with Gasteiger partial charge in [0.1, 0.15) is 11.5 Å². The van der Waals surface area contributed by atoms with Crippen LogP contribution in [0.5, 0.6) is 5.75 Å². The van der Waals surface area contributed by atoms with Crippen LogP contribution < -0.4 is 9.64 Å². The average molecular weight is 547 g/mol. The molecule has 204 valence electrons. The summed E-state index contributed by atoms with van der Waals surface area (Å²) in [5.41, 5.74) is 3.91. The molecule has 7 heteroatoms. The minimum Gasteiger partial charge on any atom is -0.507 e. The van der Waals surface area contributed by atoms with Gasteiger partial charge in [-0.3, -0.25) is 9.59 Å². The summed E-state index contributed by atoms with van der Waals surface area (Å²) < 4.78 is 5.56. The molecule has 1 atom stereocenters. The van der Waals surface area contributed by atoms with Gasteiger partial charge in [0.05, 0.1) is 24.3 Å². The first kappa shape index (κ1) is 28.2. The standard InChI is InChI=1S/C32H35ClN2O4/c1-32(2,3)22-11-16-26(39-6)25(19-22)29(36)27-28(21-9-14-24(15-10-21)34(4)5)35(31(38)30(27)37)18-17-20-7-12-23(33)13-8-20/h7-16,19,28,36H,17-18H2,1-6H3/b29-27+. The number of ether oxygens (including phenoxy) is 1. The smallest absolute Gasteiger partial charge is 0.295 e. The lowest BCUT2D eigenvalue weighted by atomic mass is 9.85. The van der Waals surface area contributed by atoms with E-state index in [1.165, 1.54) is 7.11 Å². The highest BCUT2D eigenvalue weighted by molar-refractivity contribution is 6.46. The third kappa shape index (κ3) is 5.81. The number of amides is 1. The van der Waals surface area contributed by atoms with Crippen molar-refractivity contribution in [2.45, 2.75) is 38.6 Å². The summed E-state index contributed by atoms with van der Waals surface area (Å²) in [7, 11) is 5.41. The number of aliphatic hydroxyl groups is 1. The minimum absolute atomic E-state index is 0.0538. The molecule has 0 spiro atoms. The van der Waals surface area contributed by atoms with Crippen molar-refractivity contribution in [3.8, 4) is 5.75 Å². The van der Waals surface area contributed by atoms with Crippen LogP contribution in [0.1, 0.15) is 49.1 Å². The van der Waals surface area contributed by atoms with Gasteiger partial charge in [0.15, 0.2) is 0 Å². The monoisotopic (exact) mass is 546 g/mol. The lowest BCUT2D eigenvalue weighted by Crippen LogP contribution is -2.31. The van der Waals surface area contributed by atoms with Gasteiger partial charge in [0, 0.05) is 31.4 Å². The minimum atomic E-state index is -0.753. The number of hydrogen-bond donors (Lipinski definition) is 1. The molecule has 1 aliphatic heterocycles. The molecule has 1 unspecified atom stereocenters. The quantitative estimate of drug-likeness (QED) is 0.212. The molecule has 0 radical (unpaired) electrons. The van der Waals surface area contributed by atoms with E-state index in [2.05, 4.69) is 20.8 Å². The summed E-state index contributed by atoms with van der Waals surface area (Å²) in [6, 6.07) is 19.9. The summed E-state index contributed by atoms with van der Waals surface area (Å²) in [5.74, 6) is -1.17. The third-order valence-electron chi connectivity index (χ3n) is 7.14. The van der Waals surface area contributed by atoms with Gasteiger partial charge in [-0.25, -0.2) is 0 Å². The van der Waals surface area contributed by atoms with E-state index in [-0.39, 0.29) is 16.7 Å². The number of likely N-dealkylation sites (tertiary alicyclic amines) is 1. The second-order valence-corrected chi connectivity index (χ2v) is 11.5. The molecule has 1 aliphatic rings. The summed E-state index contributed by atoms with van der Waals surface area (Å²) >= 11 is 6.04. The molecule has 1 amide bonds. The maximum atomic E-state index is 13.6. The van der Waals surface area contributed by atoms with E-state index in [0.717, 1.165) is 22.4 Å². The predicted octanol–water partition coefficient (Wildman–Crippen LogP) is 6.38. The molecule has 1 fully saturated rings. The van der Waals surface area contributed by atoms with Crippen LogP contribution in [0.4, 0.5) is 5.69 Å². The number of rotatable bonds is 7. The Kier molecular flexibility index (Phi) is 8.07. The number of carbonyl (C=O) groups excluding carboxylic acids is 2. The molecule has 6 nitrogen and oxygen atoms in total. The normalized spacial score (nSPS) is 17.0. The van der Waals surface area contributed by atoms with E-state index in [4.69, 9.17) is 16.3 Å². The van der Waals surface area contributed by atoms with Gasteiger partial charge in [-0.15, -0.1) is 0 Å². The molecule has 1 heterocycles. The van der Waals surface area contributed by atoms with E-state index in [1.807, 2.05) is 67.5 Å². The van der Waals surface area contributed by atoms with E-state index < -0.39 is 17.7 Å². The first-order valence-electron chi connectivity index (χ1n) is 12.9. The molecule has 39 heavy (non-hydrogen) atoms. The van der Waals surface area contributed by atoms with Crippen molar-refractivity contribution in [1.29, 1.82) is 0 Å². The van der Waals surface area contributed by atoms with Gasteiger partial charge < -0.3 is 19.6 Å². The number of nitrogens with zero attached hydrogens (tertiary/aromatic N) is 2. The molecule has 0 saturated carbocycles. The highest BCUT2D eigenvalue weighted by Gasteiger charge is 2.46. The molecular weight excluding hydrogens is 512 g/mol. The van der Waals surface area contributed by atoms with Crippen molar-refractivity contribution in [3.05, 3.63) is 99.6 Å². The van der Waals surface area contributed by atoms with Crippen molar-refractivity contribution in [1.82, 2.24) is 4.90 Å². The SMILES string of the molecule is COc1ccc(C(C)(C)C)cc1/C(O)=C1\C(=O)C(=O)N(CCc2ccc(Cl)cc2)C1c1ccc(N(C)C)cc1. The Bertz CT molecular complexity index is 1400. The number of hydrogen-bond acceptors (Lipinski definition) is 5. The Morgan fingerprint density at radius 3 is 2.21 bits per heavy atom. The van der Waals surface area contributed by atoms with Gasteiger partial charge in [-0.1, -0.05) is 62.7 Å². The van der Waals surface area contributed by atoms with Crippen molar-refractivity contribution in [2.24, 2.45) is 0 Å². The Hall–Kier alpha value is -3.77. The molecule has 0 bridgehead atoms. The van der Waals surface area contributed by atoms with Crippen LogP contribution in [0.2, 0.25) is 5.02 Å². The first-order chi connectivity index (χ1) is 18.4. The van der Waals surface area contributed by atoms with Gasteiger partial charge in [-0.2, -0.15) is 0 Å². The molecular formula is C32H35ClN2O4. The number of carbonyl (C=O) groups is 2. The van der Waals surface area contributed by atoms with E-state index in [1.54, 1.807) is 23.1 Å². The number of anilines is 1. The molecule has 1 N–H and O–H groups in total. The zero-order chi connectivity index (χ0) is 28.5. The fourth-order valence-corrected chi connectivity index (χ4v) is 4.94. The third-order valence-corrected chi connectivity index (χ3v) is 7.39. The van der Waals surface area contributed by atoms with E-state index in [0.29, 0.717) is 29.3 Å². The number of halogens is 1. The largest absolute Gasteiger partial charge is 0.507 e. The fraction of sp³-hybridized carbons (Fsp3) is 0.312. The van der Waals surface area contributed by atoms with Gasteiger partial charge in [0.2, 0.25) is 0 Å². The number of ketones is 1. The molecule has 1 saturated heterocycles. The van der Waals surface area contributed by atoms with Crippen LogP contribution >= 0.6 is 11.6 Å². The van der Waals surface area contributed by atoms with Crippen molar-refractivity contribution in [2.75, 3.05) is 32.6 Å². The molecule has 4 rings (SSSR count). The Labute approximate surface area is 235 Å². The molecule has 0 aromatic heterocycles. The zero-order valence-corrected chi connectivity index (χ0v) is 24.0. The summed E-state index contributed by atoms with van der Waals surface area (Å²) in [4.78, 5) is 30.5. The molecule has 3 aromatic rings. The lowest BCUT2D eigenvalue weighted by Gasteiger charge is -2.26. The Balaban J connectivity index is 1.85. The van der Waals surface area contributed by atoms with E-state index in [9.17, 15) is 14.7 Å². The van der Waals surface area contributed by atoms with Crippen LogP contribution in [-0.2, 0) is 21.4 Å². The van der Waals surface area contributed by atoms with Crippen LogP contribution in [-0.4, -0.2) is 49.4 Å². The highest BCUT2D eigenvalue weighted by Crippen LogP contribution is 2.42. The number of benzene rings is 3. The van der Waals surface area contributed by atoms with Crippen LogP contribution in [0, 0.1) is 0 Å². The summed E-state index contributed by atoms with van der Waals surface area (Å²) in [6.07, 6.45) is 0.527. The molecule has 0 aliphatic carbocycles. The van der Waals surface area contributed by atoms with Crippen LogP contribution in [0.3, 0.4) is 0 Å². The summed E-state index contributed by atoms with van der Waals surface area (Å²) in [5, 5.41) is 12.3. The van der Waals surface area contributed by atoms with Crippen LogP contribution in [0.15, 0.2) is 72.3 Å². The number of methoxy groups -OCH3 is 1. The van der Waals surface area contributed by atoms with Crippen molar-refractivity contribution < 1.29 is 19.4 Å². The maximum absolute atomic E-state index is 13.6. The average Bonchev–Trinajstić information content (AvgIpc) is 3.16. The lowest BCUT2D eigenvalue weighted by molar-refractivity contribution is -0.139. The van der Waals surface area contributed by atoms with Crippen LogP contribution in [0.25, 0.3) is 5.76 Å². The summed E-state index contributed by atoms with van der Waals surface area (Å²) in [6.45, 7) is 6.50. The van der Waals surface area contributed by atoms with Gasteiger partial charge in [-0.05, 0) is 64.9 Å². The first-order valence-corrected chi connectivity index (χ1v) is 13.3. The Morgan fingerprint density at radius 1 is 1.00 bits per heavy atom. The second-order valence-electron chi connectivity index (χ2n) is 11.0. The number of Topliss-reactive ketones (excluding diaryl/α,β-unsaturated/α-hetero) is 1. The number of aliphatic hydroxyl groups excluding tert-OH is 1. The van der Waals surface area contributed by atoms with Gasteiger partial charge >= 0.3 is 0 Å². The zero-order valence-electron chi connectivity index (χ0n) is 23.3. The Morgan fingerprint density at radius 2 is 1.64 bits per heavy atom. The van der Waals surface area contributed by atoms with E-state index >= 15 is 0 Å². The highest BCUT2D eigenvalue weighted by atomic mass is 35.5.